The van der Waals surface area contributed by atoms with Gasteiger partial charge < -0.3 is 15.1 Å². The Bertz CT molecular complexity index is 1180. The van der Waals surface area contributed by atoms with E-state index in [1.54, 1.807) is 27.0 Å². The Kier molecular flexibility index (Phi) is 6.60. The first-order chi connectivity index (χ1) is 16.6. The van der Waals surface area contributed by atoms with Crippen molar-refractivity contribution >= 4 is 41.0 Å². The molecule has 9 heteroatoms. The van der Waals surface area contributed by atoms with E-state index < -0.39 is 17.0 Å². The average molecular weight is 497 g/mol. The number of amides is 5. The highest BCUT2D eigenvalue weighted by atomic mass is 35.5. The van der Waals surface area contributed by atoms with Crippen LogP contribution < -0.4 is 10.6 Å². The molecular formula is C26H29ClN4O4. The van der Waals surface area contributed by atoms with Crippen LogP contribution in [-0.2, 0) is 33.8 Å². The largest absolute Gasteiger partial charge is 0.329 e. The number of anilines is 1. The van der Waals surface area contributed by atoms with Crippen LogP contribution in [-0.4, -0.2) is 58.6 Å². The summed E-state index contributed by atoms with van der Waals surface area (Å²) in [4.78, 5) is 53.6. The normalized spacial score (nSPS) is 19.0. The lowest BCUT2D eigenvalue weighted by molar-refractivity contribution is -0.142. The van der Waals surface area contributed by atoms with E-state index in [1.807, 2.05) is 42.5 Å². The Morgan fingerprint density at radius 3 is 2.43 bits per heavy atom. The zero-order valence-corrected chi connectivity index (χ0v) is 20.8. The van der Waals surface area contributed by atoms with Gasteiger partial charge in [-0.2, -0.15) is 0 Å². The lowest BCUT2D eigenvalue weighted by Crippen LogP contribution is -2.48. The minimum atomic E-state index is -0.923. The van der Waals surface area contributed by atoms with Gasteiger partial charge in [-0.1, -0.05) is 36.4 Å². The molecule has 2 aromatic carbocycles. The van der Waals surface area contributed by atoms with Crippen molar-refractivity contribution in [3.05, 3.63) is 65.2 Å². The molecule has 35 heavy (non-hydrogen) atoms. The van der Waals surface area contributed by atoms with Crippen LogP contribution in [0, 0.1) is 5.41 Å². The predicted octanol–water partition coefficient (Wildman–Crippen LogP) is 2.94. The number of urea groups is 1. The van der Waals surface area contributed by atoms with Gasteiger partial charge in [0.05, 0.1) is 5.41 Å². The van der Waals surface area contributed by atoms with Crippen molar-refractivity contribution in [3.8, 4) is 0 Å². The minimum absolute atomic E-state index is 0.130. The standard InChI is InChI=1S/C26H29ClN4O4/c1-25(2,16-27)23(34)31(14-17-7-5-4-6-8-17)15-21(32)28-20-10-9-18-12-26(13-19(18)11-20)22(33)29-24(35)30(26)3/h4-11H,12-16H2,1-3H3,(H,28,32)(H,29,33,35)/t26-/m0/s1. The van der Waals surface area contributed by atoms with Crippen molar-refractivity contribution < 1.29 is 19.2 Å². The first kappa shape index (κ1) is 24.7. The van der Waals surface area contributed by atoms with Gasteiger partial charge in [-0.15, -0.1) is 11.6 Å². The highest BCUT2D eigenvalue weighted by molar-refractivity contribution is 6.20. The van der Waals surface area contributed by atoms with E-state index in [0.717, 1.165) is 16.7 Å². The summed E-state index contributed by atoms with van der Waals surface area (Å²) in [6, 6.07) is 14.6. The highest BCUT2D eigenvalue weighted by Crippen LogP contribution is 2.38. The van der Waals surface area contributed by atoms with Gasteiger partial charge in [0.25, 0.3) is 5.91 Å². The Morgan fingerprint density at radius 2 is 1.80 bits per heavy atom. The molecule has 0 bridgehead atoms. The van der Waals surface area contributed by atoms with Crippen LogP contribution in [0.5, 0.6) is 0 Å². The van der Waals surface area contributed by atoms with Gasteiger partial charge in [0.1, 0.15) is 12.1 Å². The molecule has 2 aliphatic rings. The summed E-state index contributed by atoms with van der Waals surface area (Å²) in [5.41, 5.74) is 1.61. The second-order valence-electron chi connectivity index (χ2n) is 9.90. The molecular weight excluding hydrogens is 468 g/mol. The quantitative estimate of drug-likeness (QED) is 0.455. The molecule has 1 saturated heterocycles. The Labute approximate surface area is 209 Å². The summed E-state index contributed by atoms with van der Waals surface area (Å²) >= 11 is 6.04. The molecule has 8 nitrogen and oxygen atoms in total. The summed E-state index contributed by atoms with van der Waals surface area (Å²) in [6.07, 6.45) is 0.806. The third-order valence-corrected chi connectivity index (χ3v) is 7.46. The minimum Gasteiger partial charge on any atom is -0.329 e. The maximum Gasteiger partial charge on any atom is 0.324 e. The van der Waals surface area contributed by atoms with E-state index >= 15 is 0 Å². The summed E-state index contributed by atoms with van der Waals surface area (Å²) in [5, 5.41) is 5.26. The molecule has 1 aliphatic heterocycles. The Hall–Kier alpha value is -3.39. The lowest BCUT2D eigenvalue weighted by Gasteiger charge is -2.30. The average Bonchev–Trinajstić information content (AvgIpc) is 3.31. The van der Waals surface area contributed by atoms with Crippen LogP contribution in [0.2, 0.25) is 0 Å². The second-order valence-corrected chi connectivity index (χ2v) is 10.2. The molecule has 2 N–H and O–H groups in total. The van der Waals surface area contributed by atoms with Gasteiger partial charge in [-0.05, 0) is 42.7 Å². The molecule has 0 unspecified atom stereocenters. The van der Waals surface area contributed by atoms with Gasteiger partial charge in [-0.3, -0.25) is 19.7 Å². The number of hydrogen-bond acceptors (Lipinski definition) is 4. The van der Waals surface area contributed by atoms with Crippen LogP contribution in [0.15, 0.2) is 48.5 Å². The number of carbonyl (C=O) groups is 4. The van der Waals surface area contributed by atoms with Gasteiger partial charge in [-0.25, -0.2) is 4.79 Å². The molecule has 1 atom stereocenters. The van der Waals surface area contributed by atoms with Crippen molar-refractivity contribution in [2.75, 3.05) is 24.8 Å². The fraction of sp³-hybridized carbons (Fsp3) is 0.385. The van der Waals surface area contributed by atoms with Crippen LogP contribution >= 0.6 is 11.6 Å². The van der Waals surface area contributed by atoms with Crippen LogP contribution in [0.3, 0.4) is 0 Å². The van der Waals surface area contributed by atoms with Crippen molar-refractivity contribution in [2.45, 2.75) is 38.8 Å². The maximum atomic E-state index is 13.2. The fourth-order valence-electron chi connectivity index (χ4n) is 4.64. The number of rotatable bonds is 7. The first-order valence-electron chi connectivity index (χ1n) is 11.5. The summed E-state index contributed by atoms with van der Waals surface area (Å²) < 4.78 is 0. The SMILES string of the molecule is CN1C(=O)NC(=O)[C@@]12Cc1ccc(NC(=O)CN(Cc3ccccc3)C(=O)C(C)(C)CCl)cc1C2. The third-order valence-electron chi connectivity index (χ3n) is 6.80. The number of benzene rings is 2. The summed E-state index contributed by atoms with van der Waals surface area (Å²) in [7, 11) is 1.62. The maximum absolute atomic E-state index is 13.2. The van der Waals surface area contributed by atoms with Crippen molar-refractivity contribution in [1.29, 1.82) is 0 Å². The topological polar surface area (TPSA) is 98.8 Å². The molecule has 5 amide bonds. The summed E-state index contributed by atoms with van der Waals surface area (Å²) in [5.74, 6) is -0.708. The zero-order chi connectivity index (χ0) is 25.4. The predicted molar refractivity (Wildman–Crippen MR) is 133 cm³/mol. The van der Waals surface area contributed by atoms with Gasteiger partial charge in [0.15, 0.2) is 0 Å². The zero-order valence-electron chi connectivity index (χ0n) is 20.1. The van der Waals surface area contributed by atoms with Crippen molar-refractivity contribution in [3.63, 3.8) is 0 Å². The van der Waals surface area contributed by atoms with Crippen LogP contribution in [0.4, 0.5) is 10.5 Å². The number of nitrogens with zero attached hydrogens (tertiary/aromatic N) is 2. The molecule has 0 radical (unpaired) electrons. The number of hydrogen-bond donors (Lipinski definition) is 2. The number of imide groups is 1. The van der Waals surface area contributed by atoms with E-state index in [1.165, 1.54) is 9.80 Å². The Balaban J connectivity index is 1.48. The number of fused-ring (bicyclic) bond motifs is 1. The number of nitrogens with one attached hydrogen (secondary N) is 2. The molecule has 1 spiro atoms. The number of halogens is 1. The third kappa shape index (κ3) is 4.75. The number of likely N-dealkylation sites (N-methyl/N-ethyl adjacent to an activating group) is 1. The molecule has 4 rings (SSSR count). The fourth-order valence-corrected chi connectivity index (χ4v) is 4.75. The number of carbonyl (C=O) groups excluding carboxylic acids is 4. The molecule has 184 valence electrons. The molecule has 2 aromatic rings. The number of alkyl halides is 1. The smallest absolute Gasteiger partial charge is 0.324 e. The van der Waals surface area contributed by atoms with Gasteiger partial charge >= 0.3 is 6.03 Å². The van der Waals surface area contributed by atoms with Gasteiger partial charge in [0.2, 0.25) is 11.8 Å². The Morgan fingerprint density at radius 1 is 1.11 bits per heavy atom. The van der Waals surface area contributed by atoms with Crippen LogP contribution in [0.25, 0.3) is 0 Å². The lowest BCUT2D eigenvalue weighted by atomic mass is 9.94. The molecule has 1 heterocycles. The molecule has 1 fully saturated rings. The molecule has 0 aromatic heterocycles. The molecule has 0 saturated carbocycles. The van der Waals surface area contributed by atoms with Crippen molar-refractivity contribution in [1.82, 2.24) is 15.1 Å². The molecule has 1 aliphatic carbocycles. The second kappa shape index (κ2) is 9.34. The van der Waals surface area contributed by atoms with E-state index in [9.17, 15) is 19.2 Å². The van der Waals surface area contributed by atoms with E-state index in [-0.39, 0.29) is 36.7 Å². The monoisotopic (exact) mass is 496 g/mol. The van der Waals surface area contributed by atoms with E-state index in [4.69, 9.17) is 11.6 Å². The summed E-state index contributed by atoms with van der Waals surface area (Å²) in [6.45, 7) is 3.68. The van der Waals surface area contributed by atoms with E-state index in [2.05, 4.69) is 10.6 Å². The van der Waals surface area contributed by atoms with Gasteiger partial charge in [0, 0.05) is 38.0 Å². The highest BCUT2D eigenvalue weighted by Gasteiger charge is 2.54. The van der Waals surface area contributed by atoms with E-state index in [0.29, 0.717) is 18.5 Å². The van der Waals surface area contributed by atoms with Crippen molar-refractivity contribution in [2.24, 2.45) is 5.41 Å². The van der Waals surface area contributed by atoms with Crippen LogP contribution in [0.1, 0.15) is 30.5 Å². The first-order valence-corrected chi connectivity index (χ1v) is 12.0.